The van der Waals surface area contributed by atoms with Crippen molar-refractivity contribution in [3.05, 3.63) is 17.5 Å². The molecule has 2 aliphatic rings. The minimum Gasteiger partial charge on any atom is -0.337 e. The molecule has 0 saturated carbocycles. The molecule has 2 unspecified atom stereocenters. The first kappa shape index (κ1) is 14.8. The molecule has 1 aliphatic heterocycles. The molecule has 4 heteroatoms. The van der Waals surface area contributed by atoms with Crippen LogP contribution >= 0.6 is 0 Å². The zero-order valence-electron chi connectivity index (χ0n) is 13.4. The molecular formula is C17H28N4. The molecule has 1 aliphatic carbocycles. The van der Waals surface area contributed by atoms with Gasteiger partial charge in [-0.1, -0.05) is 13.8 Å². The quantitative estimate of drug-likeness (QED) is 0.928. The van der Waals surface area contributed by atoms with Crippen LogP contribution in [0.5, 0.6) is 0 Å². The van der Waals surface area contributed by atoms with Crippen molar-refractivity contribution in [3.8, 4) is 0 Å². The summed E-state index contributed by atoms with van der Waals surface area (Å²) in [5.41, 5.74) is 8.56. The number of rotatable bonds is 3. The van der Waals surface area contributed by atoms with Crippen LogP contribution in [0.1, 0.15) is 50.8 Å². The van der Waals surface area contributed by atoms with Gasteiger partial charge in [0.15, 0.2) is 0 Å². The molecule has 0 spiro atoms. The normalized spacial score (nSPS) is 26.0. The van der Waals surface area contributed by atoms with Crippen LogP contribution in [0.4, 0.5) is 5.95 Å². The van der Waals surface area contributed by atoms with Gasteiger partial charge in [-0.15, -0.1) is 0 Å². The van der Waals surface area contributed by atoms with Crippen LogP contribution in [0.15, 0.2) is 6.20 Å². The molecule has 2 N–H and O–H groups in total. The lowest BCUT2D eigenvalue weighted by Crippen LogP contribution is -2.45. The van der Waals surface area contributed by atoms with Crippen LogP contribution in [-0.2, 0) is 12.8 Å². The van der Waals surface area contributed by atoms with Gasteiger partial charge in [0, 0.05) is 31.0 Å². The van der Waals surface area contributed by atoms with Gasteiger partial charge in [-0.2, -0.15) is 0 Å². The Morgan fingerprint density at radius 1 is 1.33 bits per heavy atom. The van der Waals surface area contributed by atoms with Gasteiger partial charge in [-0.05, 0) is 55.9 Å². The van der Waals surface area contributed by atoms with E-state index in [2.05, 4.69) is 29.9 Å². The first-order valence-corrected chi connectivity index (χ1v) is 8.50. The molecule has 1 fully saturated rings. The molecule has 1 aromatic heterocycles. The minimum atomic E-state index is 0.420. The Labute approximate surface area is 128 Å². The number of hydrogen-bond acceptors (Lipinski definition) is 4. The smallest absolute Gasteiger partial charge is 0.225 e. The molecule has 0 bridgehead atoms. The van der Waals surface area contributed by atoms with Crippen molar-refractivity contribution < 1.29 is 0 Å². The van der Waals surface area contributed by atoms with Crippen LogP contribution in [0.25, 0.3) is 0 Å². The highest BCUT2D eigenvalue weighted by Gasteiger charge is 2.26. The molecule has 3 rings (SSSR count). The monoisotopic (exact) mass is 288 g/mol. The van der Waals surface area contributed by atoms with Crippen molar-refractivity contribution in [1.82, 2.24) is 9.97 Å². The Hall–Kier alpha value is -1.16. The Kier molecular flexibility index (Phi) is 4.43. The van der Waals surface area contributed by atoms with Crippen LogP contribution in [0, 0.1) is 11.8 Å². The summed E-state index contributed by atoms with van der Waals surface area (Å²) in [6.07, 6.45) is 9.27. The van der Waals surface area contributed by atoms with Crippen LogP contribution < -0.4 is 10.6 Å². The molecule has 0 amide bonds. The molecule has 4 nitrogen and oxygen atoms in total. The van der Waals surface area contributed by atoms with E-state index in [1.807, 2.05) is 0 Å². The Balaban J connectivity index is 1.80. The first-order chi connectivity index (χ1) is 10.2. The minimum absolute atomic E-state index is 0.420. The van der Waals surface area contributed by atoms with Gasteiger partial charge in [0.2, 0.25) is 5.95 Å². The van der Waals surface area contributed by atoms with E-state index >= 15 is 0 Å². The number of aromatic nitrogens is 2. The van der Waals surface area contributed by atoms with E-state index < -0.39 is 0 Å². The SMILES string of the molecule is CC(C)C1CCc2nc(N3CCCCC3CN)ncc2C1. The van der Waals surface area contributed by atoms with E-state index in [1.54, 1.807) is 0 Å². The maximum Gasteiger partial charge on any atom is 0.225 e. The van der Waals surface area contributed by atoms with Crippen molar-refractivity contribution in [2.24, 2.45) is 17.6 Å². The predicted octanol–water partition coefficient (Wildman–Crippen LogP) is 2.56. The Bertz CT molecular complexity index is 486. The summed E-state index contributed by atoms with van der Waals surface area (Å²) in [6, 6.07) is 0.420. The largest absolute Gasteiger partial charge is 0.337 e. The number of aryl methyl sites for hydroxylation is 1. The lowest BCUT2D eigenvalue weighted by molar-refractivity contribution is 0.339. The molecule has 2 heterocycles. The predicted molar refractivity (Wildman–Crippen MR) is 86.4 cm³/mol. The molecular weight excluding hydrogens is 260 g/mol. The highest BCUT2D eigenvalue weighted by Crippen LogP contribution is 2.30. The highest BCUT2D eigenvalue weighted by atomic mass is 15.3. The fourth-order valence-electron chi connectivity index (χ4n) is 3.74. The van der Waals surface area contributed by atoms with Gasteiger partial charge >= 0.3 is 0 Å². The third-order valence-electron chi connectivity index (χ3n) is 5.27. The van der Waals surface area contributed by atoms with Crippen molar-refractivity contribution >= 4 is 5.95 Å². The summed E-state index contributed by atoms with van der Waals surface area (Å²) >= 11 is 0. The first-order valence-electron chi connectivity index (χ1n) is 8.50. The molecule has 0 aromatic carbocycles. The number of hydrogen-bond donors (Lipinski definition) is 1. The molecule has 1 saturated heterocycles. The molecule has 116 valence electrons. The maximum absolute atomic E-state index is 5.92. The van der Waals surface area contributed by atoms with Gasteiger partial charge in [-0.25, -0.2) is 9.97 Å². The summed E-state index contributed by atoms with van der Waals surface area (Å²) in [4.78, 5) is 11.9. The number of nitrogens with two attached hydrogens (primary N) is 1. The fourth-order valence-corrected chi connectivity index (χ4v) is 3.74. The van der Waals surface area contributed by atoms with Gasteiger partial charge in [0.25, 0.3) is 0 Å². The van der Waals surface area contributed by atoms with E-state index in [0.717, 1.165) is 37.2 Å². The molecule has 21 heavy (non-hydrogen) atoms. The number of piperidine rings is 1. The van der Waals surface area contributed by atoms with Crippen molar-refractivity contribution in [2.45, 2.75) is 58.4 Å². The van der Waals surface area contributed by atoms with Gasteiger partial charge in [-0.3, -0.25) is 0 Å². The van der Waals surface area contributed by atoms with Crippen molar-refractivity contribution in [1.29, 1.82) is 0 Å². The average Bonchev–Trinajstić information content (AvgIpc) is 2.53. The zero-order valence-corrected chi connectivity index (χ0v) is 13.4. The van der Waals surface area contributed by atoms with E-state index in [9.17, 15) is 0 Å². The summed E-state index contributed by atoms with van der Waals surface area (Å²) in [7, 11) is 0. The van der Waals surface area contributed by atoms with Crippen LogP contribution in [-0.4, -0.2) is 29.1 Å². The van der Waals surface area contributed by atoms with Gasteiger partial charge < -0.3 is 10.6 Å². The third-order valence-corrected chi connectivity index (χ3v) is 5.27. The van der Waals surface area contributed by atoms with E-state index in [-0.39, 0.29) is 0 Å². The zero-order chi connectivity index (χ0) is 14.8. The highest BCUT2D eigenvalue weighted by molar-refractivity contribution is 5.36. The topological polar surface area (TPSA) is 55.0 Å². The number of fused-ring (bicyclic) bond motifs is 1. The molecule has 2 atom stereocenters. The van der Waals surface area contributed by atoms with Gasteiger partial charge in [0.1, 0.15) is 0 Å². The number of nitrogens with zero attached hydrogens (tertiary/aromatic N) is 3. The number of anilines is 1. The fraction of sp³-hybridized carbons (Fsp3) is 0.765. The second-order valence-corrected chi connectivity index (χ2v) is 6.97. The summed E-state index contributed by atoms with van der Waals surface area (Å²) < 4.78 is 0. The Morgan fingerprint density at radius 3 is 2.95 bits per heavy atom. The summed E-state index contributed by atoms with van der Waals surface area (Å²) in [5.74, 6) is 2.45. The van der Waals surface area contributed by atoms with Gasteiger partial charge in [0.05, 0.1) is 0 Å². The summed E-state index contributed by atoms with van der Waals surface area (Å²) in [6.45, 7) is 6.40. The second-order valence-electron chi connectivity index (χ2n) is 6.97. The van der Waals surface area contributed by atoms with Crippen molar-refractivity contribution in [2.75, 3.05) is 18.0 Å². The summed E-state index contributed by atoms with van der Waals surface area (Å²) in [5, 5.41) is 0. The van der Waals surface area contributed by atoms with Crippen molar-refractivity contribution in [3.63, 3.8) is 0 Å². The third kappa shape index (κ3) is 3.05. The second kappa shape index (κ2) is 6.30. The van der Waals surface area contributed by atoms with E-state index in [1.165, 1.54) is 36.9 Å². The lowest BCUT2D eigenvalue weighted by Gasteiger charge is -2.36. The molecule has 0 radical (unpaired) electrons. The average molecular weight is 288 g/mol. The Morgan fingerprint density at radius 2 is 2.19 bits per heavy atom. The van der Waals surface area contributed by atoms with Crippen LogP contribution in [0.3, 0.4) is 0 Å². The van der Waals surface area contributed by atoms with Crippen LogP contribution in [0.2, 0.25) is 0 Å². The standard InChI is InChI=1S/C17H28N4/c1-12(2)13-6-7-16-14(9-13)11-19-17(20-16)21-8-4-3-5-15(21)10-18/h11-13,15H,3-10,18H2,1-2H3. The van der Waals surface area contributed by atoms with E-state index in [0.29, 0.717) is 12.6 Å². The van der Waals surface area contributed by atoms with E-state index in [4.69, 9.17) is 10.7 Å². The lowest BCUT2D eigenvalue weighted by atomic mass is 9.80. The molecule has 1 aromatic rings. The maximum atomic E-state index is 5.92.